The molecule has 1 aliphatic rings. The molecule has 1 aromatic rings. The first-order chi connectivity index (χ1) is 7.04. The number of hydrogen-bond donors (Lipinski definition) is 0. The standard InChI is InChI=1S/C12H17NO2/c1-12(2,3)15-10-6-7-13-8-11(10)14-9-4-5-9/h6-9H,4-5H2,1-3H3. The minimum absolute atomic E-state index is 0.205. The topological polar surface area (TPSA) is 31.4 Å². The van der Waals surface area contributed by atoms with Crippen molar-refractivity contribution in [2.24, 2.45) is 0 Å². The van der Waals surface area contributed by atoms with Crippen molar-refractivity contribution in [1.29, 1.82) is 0 Å². The maximum Gasteiger partial charge on any atom is 0.179 e. The van der Waals surface area contributed by atoms with Crippen molar-refractivity contribution in [1.82, 2.24) is 4.98 Å². The van der Waals surface area contributed by atoms with Gasteiger partial charge in [-0.3, -0.25) is 4.98 Å². The van der Waals surface area contributed by atoms with Crippen molar-refractivity contribution >= 4 is 0 Å². The Kier molecular flexibility index (Phi) is 2.55. The molecule has 0 atom stereocenters. The third-order valence-electron chi connectivity index (χ3n) is 1.98. The zero-order valence-electron chi connectivity index (χ0n) is 9.49. The second-order valence-corrected chi connectivity index (χ2v) is 4.85. The van der Waals surface area contributed by atoms with Gasteiger partial charge in [0.2, 0.25) is 0 Å². The van der Waals surface area contributed by atoms with E-state index in [1.54, 1.807) is 12.4 Å². The van der Waals surface area contributed by atoms with Gasteiger partial charge in [0.25, 0.3) is 0 Å². The molecule has 0 bridgehead atoms. The summed E-state index contributed by atoms with van der Waals surface area (Å²) in [6.07, 6.45) is 6.10. The van der Waals surface area contributed by atoms with Gasteiger partial charge in [0.1, 0.15) is 5.60 Å². The number of nitrogens with zero attached hydrogens (tertiary/aromatic N) is 1. The first-order valence-corrected chi connectivity index (χ1v) is 5.34. The van der Waals surface area contributed by atoms with Crippen molar-refractivity contribution in [2.75, 3.05) is 0 Å². The third-order valence-corrected chi connectivity index (χ3v) is 1.98. The molecule has 0 aromatic carbocycles. The molecule has 0 aliphatic heterocycles. The Morgan fingerprint density at radius 3 is 2.60 bits per heavy atom. The highest BCUT2D eigenvalue weighted by Gasteiger charge is 2.25. The number of ether oxygens (including phenoxy) is 2. The monoisotopic (exact) mass is 207 g/mol. The molecular formula is C12H17NO2. The van der Waals surface area contributed by atoms with Crippen molar-refractivity contribution in [2.45, 2.75) is 45.3 Å². The predicted octanol–water partition coefficient (Wildman–Crippen LogP) is 2.80. The Balaban J connectivity index is 2.13. The lowest BCUT2D eigenvalue weighted by atomic mass is 10.2. The summed E-state index contributed by atoms with van der Waals surface area (Å²) < 4.78 is 11.5. The van der Waals surface area contributed by atoms with E-state index in [1.807, 2.05) is 26.8 Å². The highest BCUT2D eigenvalue weighted by molar-refractivity contribution is 5.37. The van der Waals surface area contributed by atoms with Crippen LogP contribution in [0.25, 0.3) is 0 Å². The SMILES string of the molecule is CC(C)(C)Oc1ccncc1OC1CC1. The molecule has 0 radical (unpaired) electrons. The molecule has 0 unspecified atom stereocenters. The molecule has 0 N–H and O–H groups in total. The fraction of sp³-hybridized carbons (Fsp3) is 0.583. The minimum atomic E-state index is -0.205. The molecule has 1 heterocycles. The van der Waals surface area contributed by atoms with Crippen LogP contribution in [0.4, 0.5) is 0 Å². The van der Waals surface area contributed by atoms with E-state index in [9.17, 15) is 0 Å². The second kappa shape index (κ2) is 3.72. The molecule has 0 spiro atoms. The quantitative estimate of drug-likeness (QED) is 0.763. The third kappa shape index (κ3) is 3.11. The first kappa shape index (κ1) is 10.3. The average Bonchev–Trinajstić information content (AvgIpc) is 2.89. The van der Waals surface area contributed by atoms with Gasteiger partial charge in [0, 0.05) is 12.3 Å². The van der Waals surface area contributed by atoms with E-state index in [-0.39, 0.29) is 5.60 Å². The summed E-state index contributed by atoms with van der Waals surface area (Å²) in [5, 5.41) is 0. The molecular weight excluding hydrogens is 190 g/mol. The van der Waals surface area contributed by atoms with Crippen LogP contribution >= 0.6 is 0 Å². The van der Waals surface area contributed by atoms with Crippen molar-refractivity contribution < 1.29 is 9.47 Å². The Hall–Kier alpha value is -1.25. The van der Waals surface area contributed by atoms with Crippen molar-refractivity contribution in [3.63, 3.8) is 0 Å². The lowest BCUT2D eigenvalue weighted by Crippen LogP contribution is -2.23. The Bertz CT molecular complexity index is 340. The van der Waals surface area contributed by atoms with E-state index in [1.165, 1.54) is 0 Å². The van der Waals surface area contributed by atoms with Gasteiger partial charge in [0.05, 0.1) is 12.3 Å². The van der Waals surface area contributed by atoms with Gasteiger partial charge in [-0.15, -0.1) is 0 Å². The Morgan fingerprint density at radius 1 is 1.27 bits per heavy atom. The number of hydrogen-bond acceptors (Lipinski definition) is 3. The van der Waals surface area contributed by atoms with E-state index in [2.05, 4.69) is 4.98 Å². The first-order valence-electron chi connectivity index (χ1n) is 5.34. The highest BCUT2D eigenvalue weighted by atomic mass is 16.5. The van der Waals surface area contributed by atoms with Crippen LogP contribution in [-0.2, 0) is 0 Å². The smallest absolute Gasteiger partial charge is 0.179 e. The van der Waals surface area contributed by atoms with Gasteiger partial charge in [0.15, 0.2) is 11.5 Å². The number of aromatic nitrogens is 1. The van der Waals surface area contributed by atoms with Crippen LogP contribution in [-0.4, -0.2) is 16.7 Å². The fourth-order valence-corrected chi connectivity index (χ4v) is 1.24. The largest absolute Gasteiger partial charge is 0.485 e. The van der Waals surface area contributed by atoms with Gasteiger partial charge >= 0.3 is 0 Å². The predicted molar refractivity (Wildman–Crippen MR) is 58.3 cm³/mol. The van der Waals surface area contributed by atoms with Crippen LogP contribution in [0.3, 0.4) is 0 Å². The maximum atomic E-state index is 5.80. The zero-order chi connectivity index (χ0) is 10.9. The van der Waals surface area contributed by atoms with Gasteiger partial charge in [-0.1, -0.05) is 0 Å². The number of rotatable bonds is 3. The van der Waals surface area contributed by atoms with Crippen LogP contribution in [0.2, 0.25) is 0 Å². The average molecular weight is 207 g/mol. The molecule has 1 fully saturated rings. The van der Waals surface area contributed by atoms with E-state index in [4.69, 9.17) is 9.47 Å². The van der Waals surface area contributed by atoms with Crippen LogP contribution in [0.5, 0.6) is 11.5 Å². The Morgan fingerprint density at radius 2 is 2.00 bits per heavy atom. The molecule has 1 saturated carbocycles. The maximum absolute atomic E-state index is 5.80. The molecule has 15 heavy (non-hydrogen) atoms. The zero-order valence-corrected chi connectivity index (χ0v) is 9.49. The van der Waals surface area contributed by atoms with Gasteiger partial charge in [-0.25, -0.2) is 0 Å². The van der Waals surface area contributed by atoms with Gasteiger partial charge < -0.3 is 9.47 Å². The van der Waals surface area contributed by atoms with E-state index in [0.717, 1.165) is 24.3 Å². The fourth-order valence-electron chi connectivity index (χ4n) is 1.24. The summed E-state index contributed by atoms with van der Waals surface area (Å²) >= 11 is 0. The summed E-state index contributed by atoms with van der Waals surface area (Å²) in [7, 11) is 0. The second-order valence-electron chi connectivity index (χ2n) is 4.85. The molecule has 3 nitrogen and oxygen atoms in total. The summed E-state index contributed by atoms with van der Waals surface area (Å²) in [6, 6.07) is 1.85. The lowest BCUT2D eigenvalue weighted by Gasteiger charge is -2.22. The van der Waals surface area contributed by atoms with Crippen LogP contribution in [0.1, 0.15) is 33.6 Å². The van der Waals surface area contributed by atoms with Crippen molar-refractivity contribution in [3.8, 4) is 11.5 Å². The number of pyridine rings is 1. The molecule has 1 aromatic heterocycles. The molecule has 1 aliphatic carbocycles. The summed E-state index contributed by atoms with van der Waals surface area (Å²) in [5.41, 5.74) is -0.205. The molecule has 0 amide bonds. The van der Waals surface area contributed by atoms with Crippen molar-refractivity contribution in [3.05, 3.63) is 18.5 Å². The highest BCUT2D eigenvalue weighted by Crippen LogP contribution is 2.34. The van der Waals surface area contributed by atoms with Crippen LogP contribution in [0, 0.1) is 0 Å². The summed E-state index contributed by atoms with van der Waals surface area (Å²) in [6.45, 7) is 6.07. The normalized spacial score (nSPS) is 16.2. The van der Waals surface area contributed by atoms with Crippen LogP contribution < -0.4 is 9.47 Å². The van der Waals surface area contributed by atoms with Crippen LogP contribution in [0.15, 0.2) is 18.5 Å². The summed E-state index contributed by atoms with van der Waals surface area (Å²) in [5.74, 6) is 1.54. The molecule has 2 rings (SSSR count). The van der Waals surface area contributed by atoms with E-state index < -0.39 is 0 Å². The van der Waals surface area contributed by atoms with E-state index >= 15 is 0 Å². The molecule has 3 heteroatoms. The molecule has 0 saturated heterocycles. The summed E-state index contributed by atoms with van der Waals surface area (Å²) in [4.78, 5) is 4.05. The minimum Gasteiger partial charge on any atom is -0.485 e. The van der Waals surface area contributed by atoms with E-state index in [0.29, 0.717) is 6.10 Å². The molecule has 82 valence electrons. The van der Waals surface area contributed by atoms with Gasteiger partial charge in [-0.2, -0.15) is 0 Å². The van der Waals surface area contributed by atoms with Gasteiger partial charge in [-0.05, 0) is 33.6 Å². The lowest BCUT2D eigenvalue weighted by molar-refractivity contribution is 0.122. The Labute approximate surface area is 90.4 Å².